The molecule has 4 rings (SSSR count). The molecule has 2 aromatic carbocycles. The standard InChI is InChI=1S/C29H39N3O2/c1-4-22-9-11-25(12-10-22)29(34)32-19-17-31(18-20-32)27(24-7-5-6-8-24)28(33)30-26-15-13-23(14-16-26)21(2)3/h9-16,21,24,27H,4-8,17-20H2,1-3H3,(H,30,33)/t27-/m1/s1. The SMILES string of the molecule is CCc1ccc(C(=O)N2CCN([C@@H](C(=O)Nc3ccc(C(C)C)cc3)C3CCCC3)CC2)cc1. The van der Waals surface area contributed by atoms with Crippen LogP contribution in [0.3, 0.4) is 0 Å². The van der Waals surface area contributed by atoms with Gasteiger partial charge in [0.25, 0.3) is 5.91 Å². The molecule has 2 fully saturated rings. The maximum atomic E-state index is 13.5. The fourth-order valence-electron chi connectivity index (χ4n) is 5.39. The summed E-state index contributed by atoms with van der Waals surface area (Å²) in [6, 6.07) is 16.0. The number of nitrogens with one attached hydrogen (secondary N) is 1. The van der Waals surface area contributed by atoms with Gasteiger partial charge < -0.3 is 10.2 Å². The molecule has 1 aliphatic heterocycles. The summed E-state index contributed by atoms with van der Waals surface area (Å²) in [5, 5.41) is 3.19. The van der Waals surface area contributed by atoms with Gasteiger partial charge >= 0.3 is 0 Å². The average molecular weight is 462 g/mol. The third-order valence-electron chi connectivity index (χ3n) is 7.56. The first-order valence-corrected chi connectivity index (χ1v) is 13.0. The van der Waals surface area contributed by atoms with Gasteiger partial charge in [-0.3, -0.25) is 14.5 Å². The van der Waals surface area contributed by atoms with Gasteiger partial charge in [-0.25, -0.2) is 0 Å². The second-order valence-electron chi connectivity index (χ2n) is 10.1. The summed E-state index contributed by atoms with van der Waals surface area (Å²) in [5.74, 6) is 1.05. The van der Waals surface area contributed by atoms with Gasteiger partial charge in [-0.15, -0.1) is 0 Å². The number of hydrogen-bond donors (Lipinski definition) is 1. The van der Waals surface area contributed by atoms with Crippen molar-refractivity contribution in [1.82, 2.24) is 9.80 Å². The van der Waals surface area contributed by atoms with E-state index in [1.165, 1.54) is 24.0 Å². The van der Waals surface area contributed by atoms with Crippen molar-refractivity contribution in [2.24, 2.45) is 5.92 Å². The second kappa shape index (κ2) is 11.2. The quantitative estimate of drug-likeness (QED) is 0.607. The molecule has 0 radical (unpaired) electrons. The minimum Gasteiger partial charge on any atom is -0.336 e. The summed E-state index contributed by atoms with van der Waals surface area (Å²) in [4.78, 5) is 30.7. The van der Waals surface area contributed by atoms with Crippen molar-refractivity contribution in [3.8, 4) is 0 Å². The van der Waals surface area contributed by atoms with Crippen LogP contribution in [0.5, 0.6) is 0 Å². The number of nitrogens with zero attached hydrogens (tertiary/aromatic N) is 2. The summed E-state index contributed by atoms with van der Waals surface area (Å²) in [6.45, 7) is 9.26. The number of carbonyl (C=O) groups is 2. The van der Waals surface area contributed by atoms with Crippen LogP contribution < -0.4 is 5.32 Å². The Hall–Kier alpha value is -2.66. The fourth-order valence-corrected chi connectivity index (χ4v) is 5.39. The molecule has 2 amide bonds. The predicted molar refractivity (Wildman–Crippen MR) is 138 cm³/mol. The molecular formula is C29H39N3O2. The molecular weight excluding hydrogens is 422 g/mol. The molecule has 0 aromatic heterocycles. The number of amides is 2. The van der Waals surface area contributed by atoms with E-state index in [0.29, 0.717) is 24.9 Å². The second-order valence-corrected chi connectivity index (χ2v) is 10.1. The Balaban J connectivity index is 1.40. The molecule has 5 nitrogen and oxygen atoms in total. The predicted octanol–water partition coefficient (Wildman–Crippen LogP) is 5.33. The molecule has 1 heterocycles. The molecule has 1 saturated carbocycles. The van der Waals surface area contributed by atoms with Crippen LogP contribution in [0.15, 0.2) is 48.5 Å². The number of piperazine rings is 1. The Morgan fingerprint density at radius 3 is 2.09 bits per heavy atom. The molecule has 182 valence electrons. The minimum absolute atomic E-state index is 0.0920. The monoisotopic (exact) mass is 461 g/mol. The van der Waals surface area contributed by atoms with Crippen molar-refractivity contribution in [2.45, 2.75) is 64.8 Å². The van der Waals surface area contributed by atoms with E-state index < -0.39 is 0 Å². The van der Waals surface area contributed by atoms with Crippen LogP contribution in [0.25, 0.3) is 0 Å². The normalized spacial score (nSPS) is 18.3. The van der Waals surface area contributed by atoms with Crippen LogP contribution in [0.4, 0.5) is 5.69 Å². The molecule has 0 bridgehead atoms. The van der Waals surface area contributed by atoms with E-state index in [0.717, 1.165) is 43.6 Å². The van der Waals surface area contributed by atoms with E-state index in [2.05, 4.69) is 43.1 Å². The lowest BCUT2D eigenvalue weighted by atomic mass is 9.94. The van der Waals surface area contributed by atoms with Gasteiger partial charge in [0.05, 0.1) is 6.04 Å². The molecule has 0 unspecified atom stereocenters. The van der Waals surface area contributed by atoms with Crippen molar-refractivity contribution >= 4 is 17.5 Å². The fraction of sp³-hybridized carbons (Fsp3) is 0.517. The van der Waals surface area contributed by atoms with Crippen LogP contribution in [0.2, 0.25) is 0 Å². The first-order valence-electron chi connectivity index (χ1n) is 13.0. The van der Waals surface area contributed by atoms with Crippen molar-refractivity contribution in [3.63, 3.8) is 0 Å². The molecule has 0 spiro atoms. The van der Waals surface area contributed by atoms with E-state index in [-0.39, 0.29) is 17.9 Å². The van der Waals surface area contributed by atoms with Gasteiger partial charge in [-0.2, -0.15) is 0 Å². The van der Waals surface area contributed by atoms with E-state index in [1.54, 1.807) is 0 Å². The first kappa shape index (κ1) is 24.5. The zero-order valence-corrected chi connectivity index (χ0v) is 20.9. The Morgan fingerprint density at radius 1 is 0.912 bits per heavy atom. The highest BCUT2D eigenvalue weighted by Crippen LogP contribution is 2.32. The lowest BCUT2D eigenvalue weighted by molar-refractivity contribution is -0.123. The van der Waals surface area contributed by atoms with Gasteiger partial charge in [0.15, 0.2) is 0 Å². The van der Waals surface area contributed by atoms with Crippen molar-refractivity contribution < 1.29 is 9.59 Å². The van der Waals surface area contributed by atoms with Gasteiger partial charge in [0.1, 0.15) is 0 Å². The molecule has 1 aliphatic carbocycles. The Labute approximate surface area is 204 Å². The van der Waals surface area contributed by atoms with E-state index >= 15 is 0 Å². The van der Waals surface area contributed by atoms with E-state index in [1.807, 2.05) is 41.3 Å². The van der Waals surface area contributed by atoms with Gasteiger partial charge in [0.2, 0.25) is 5.91 Å². The van der Waals surface area contributed by atoms with Crippen LogP contribution >= 0.6 is 0 Å². The number of hydrogen-bond acceptors (Lipinski definition) is 3. The van der Waals surface area contributed by atoms with Crippen molar-refractivity contribution in [3.05, 3.63) is 65.2 Å². The highest BCUT2D eigenvalue weighted by molar-refractivity contribution is 5.95. The molecule has 5 heteroatoms. The highest BCUT2D eigenvalue weighted by Gasteiger charge is 2.37. The van der Waals surface area contributed by atoms with Crippen LogP contribution in [-0.2, 0) is 11.2 Å². The van der Waals surface area contributed by atoms with Crippen LogP contribution in [-0.4, -0.2) is 53.8 Å². The van der Waals surface area contributed by atoms with Gasteiger partial charge in [-0.05, 0) is 66.5 Å². The third-order valence-corrected chi connectivity index (χ3v) is 7.56. The minimum atomic E-state index is -0.131. The maximum Gasteiger partial charge on any atom is 0.253 e. The van der Waals surface area contributed by atoms with E-state index in [4.69, 9.17) is 0 Å². The van der Waals surface area contributed by atoms with Crippen LogP contribution in [0, 0.1) is 5.92 Å². The number of benzene rings is 2. The number of rotatable bonds is 7. The molecule has 1 saturated heterocycles. The molecule has 1 atom stereocenters. The maximum absolute atomic E-state index is 13.5. The molecule has 1 N–H and O–H groups in total. The number of aryl methyl sites for hydroxylation is 1. The number of anilines is 1. The Kier molecular flexibility index (Phi) is 8.04. The average Bonchev–Trinajstić information content (AvgIpc) is 3.39. The summed E-state index contributed by atoms with van der Waals surface area (Å²) in [5.41, 5.74) is 4.13. The summed E-state index contributed by atoms with van der Waals surface area (Å²) < 4.78 is 0. The summed E-state index contributed by atoms with van der Waals surface area (Å²) >= 11 is 0. The lowest BCUT2D eigenvalue weighted by Crippen LogP contribution is -2.56. The topological polar surface area (TPSA) is 52.7 Å². The smallest absolute Gasteiger partial charge is 0.253 e. The highest BCUT2D eigenvalue weighted by atomic mass is 16.2. The molecule has 2 aliphatic rings. The molecule has 2 aromatic rings. The largest absolute Gasteiger partial charge is 0.336 e. The van der Waals surface area contributed by atoms with Gasteiger partial charge in [0, 0.05) is 37.4 Å². The Morgan fingerprint density at radius 2 is 1.53 bits per heavy atom. The van der Waals surface area contributed by atoms with Gasteiger partial charge in [-0.1, -0.05) is 57.9 Å². The third kappa shape index (κ3) is 5.69. The Bertz CT molecular complexity index is 954. The summed E-state index contributed by atoms with van der Waals surface area (Å²) in [6.07, 6.45) is 5.58. The van der Waals surface area contributed by atoms with E-state index in [9.17, 15) is 9.59 Å². The van der Waals surface area contributed by atoms with Crippen molar-refractivity contribution in [2.75, 3.05) is 31.5 Å². The van der Waals surface area contributed by atoms with Crippen molar-refractivity contribution in [1.29, 1.82) is 0 Å². The number of carbonyl (C=O) groups excluding carboxylic acids is 2. The zero-order chi connectivity index (χ0) is 24.1. The first-order chi connectivity index (χ1) is 16.5. The van der Waals surface area contributed by atoms with Crippen LogP contribution in [0.1, 0.15) is 73.9 Å². The molecule has 34 heavy (non-hydrogen) atoms. The lowest BCUT2D eigenvalue weighted by Gasteiger charge is -2.40. The summed E-state index contributed by atoms with van der Waals surface area (Å²) in [7, 11) is 0. The zero-order valence-electron chi connectivity index (χ0n) is 20.9.